The summed E-state index contributed by atoms with van der Waals surface area (Å²) in [5, 5.41) is 4.29. The number of hydrogen-bond acceptors (Lipinski definition) is 5. The third-order valence-electron chi connectivity index (χ3n) is 4.43. The number of anilines is 1. The summed E-state index contributed by atoms with van der Waals surface area (Å²) in [5.74, 6) is -0.0726. The number of carbonyl (C=O) groups is 1. The van der Waals surface area contributed by atoms with E-state index in [1.165, 1.54) is 18.1 Å². The Morgan fingerprint density at radius 1 is 1.15 bits per heavy atom. The number of amides is 1. The number of carbonyl (C=O) groups excluding carboxylic acids is 1. The van der Waals surface area contributed by atoms with E-state index in [9.17, 15) is 4.79 Å². The Morgan fingerprint density at radius 3 is 2.81 bits per heavy atom. The first kappa shape index (κ1) is 17.5. The largest absolute Gasteiger partial charge is 0.451 e. The van der Waals surface area contributed by atoms with Gasteiger partial charge in [-0.05, 0) is 50.1 Å². The van der Waals surface area contributed by atoms with Crippen LogP contribution in [0.5, 0.6) is 0 Å². The van der Waals surface area contributed by atoms with Gasteiger partial charge in [-0.3, -0.25) is 4.79 Å². The Morgan fingerprint density at radius 2 is 1.96 bits per heavy atom. The van der Waals surface area contributed by atoms with Crippen molar-refractivity contribution >= 4 is 45.4 Å². The van der Waals surface area contributed by atoms with Gasteiger partial charge >= 0.3 is 0 Å². The summed E-state index contributed by atoms with van der Waals surface area (Å²) in [7, 11) is 0. The Kier molecular flexibility index (Phi) is 4.58. The summed E-state index contributed by atoms with van der Waals surface area (Å²) in [6, 6.07) is 13.8. The lowest BCUT2D eigenvalue weighted by atomic mass is 10.1. The number of rotatable bonds is 4. The monoisotopic (exact) mass is 377 g/mol. The number of thioether (sulfide) groups is 1. The zero-order valence-electron chi connectivity index (χ0n) is 15.3. The van der Waals surface area contributed by atoms with Crippen molar-refractivity contribution in [3.63, 3.8) is 0 Å². The lowest BCUT2D eigenvalue weighted by Gasteiger charge is -2.13. The van der Waals surface area contributed by atoms with E-state index in [1.807, 2.05) is 63.2 Å². The van der Waals surface area contributed by atoms with Gasteiger partial charge in [-0.1, -0.05) is 36.0 Å². The molecule has 0 fully saturated rings. The van der Waals surface area contributed by atoms with Crippen molar-refractivity contribution < 1.29 is 9.21 Å². The van der Waals surface area contributed by atoms with E-state index in [2.05, 4.69) is 15.3 Å². The van der Waals surface area contributed by atoms with E-state index >= 15 is 0 Å². The molecule has 4 aromatic rings. The Labute approximate surface area is 161 Å². The summed E-state index contributed by atoms with van der Waals surface area (Å²) >= 11 is 1.37. The number of aryl methyl sites for hydroxylation is 2. The lowest BCUT2D eigenvalue weighted by Crippen LogP contribution is -2.23. The van der Waals surface area contributed by atoms with Crippen molar-refractivity contribution in [2.45, 2.75) is 31.0 Å². The van der Waals surface area contributed by atoms with Crippen LogP contribution in [0.25, 0.3) is 22.1 Å². The normalized spacial score (nSPS) is 12.4. The molecule has 1 amide bonds. The molecule has 136 valence electrons. The molecule has 2 aromatic carbocycles. The van der Waals surface area contributed by atoms with Crippen LogP contribution in [0.2, 0.25) is 0 Å². The molecule has 4 rings (SSSR count). The van der Waals surface area contributed by atoms with Crippen molar-refractivity contribution in [3.8, 4) is 0 Å². The van der Waals surface area contributed by atoms with E-state index in [0.717, 1.165) is 33.3 Å². The zero-order valence-corrected chi connectivity index (χ0v) is 16.1. The van der Waals surface area contributed by atoms with Crippen molar-refractivity contribution in [1.82, 2.24) is 9.97 Å². The van der Waals surface area contributed by atoms with Crippen LogP contribution in [-0.2, 0) is 4.79 Å². The molecule has 6 heteroatoms. The van der Waals surface area contributed by atoms with Crippen molar-refractivity contribution in [2.75, 3.05) is 5.32 Å². The van der Waals surface area contributed by atoms with Gasteiger partial charge in [0.2, 0.25) is 5.91 Å². The molecule has 0 spiro atoms. The molecule has 0 unspecified atom stereocenters. The summed E-state index contributed by atoms with van der Waals surface area (Å²) < 4.78 is 5.94. The van der Waals surface area contributed by atoms with Gasteiger partial charge in [0.25, 0.3) is 0 Å². The van der Waals surface area contributed by atoms with Crippen LogP contribution in [0.15, 0.2) is 58.2 Å². The predicted octanol–water partition coefficient (Wildman–Crippen LogP) is 5.11. The van der Waals surface area contributed by atoms with Gasteiger partial charge in [-0.2, -0.15) is 0 Å². The minimum absolute atomic E-state index is 0.0726. The fourth-order valence-corrected chi connectivity index (χ4v) is 3.77. The molecule has 1 atom stereocenters. The summed E-state index contributed by atoms with van der Waals surface area (Å²) in [6.07, 6.45) is 1.52. The first-order valence-electron chi connectivity index (χ1n) is 8.70. The van der Waals surface area contributed by atoms with Crippen LogP contribution in [0, 0.1) is 13.8 Å². The SMILES string of the molecule is Cc1ccc(C)c(NC(=O)[C@H](C)Sc2ncnc3c2oc2ccccc23)c1. The number of hydrogen-bond donors (Lipinski definition) is 1. The van der Waals surface area contributed by atoms with Gasteiger partial charge in [-0.25, -0.2) is 9.97 Å². The number of aromatic nitrogens is 2. The highest BCUT2D eigenvalue weighted by molar-refractivity contribution is 8.00. The van der Waals surface area contributed by atoms with Gasteiger partial charge in [0.1, 0.15) is 22.5 Å². The van der Waals surface area contributed by atoms with Crippen LogP contribution >= 0.6 is 11.8 Å². The Balaban J connectivity index is 1.60. The minimum Gasteiger partial charge on any atom is -0.451 e. The third kappa shape index (κ3) is 3.40. The van der Waals surface area contributed by atoms with E-state index in [-0.39, 0.29) is 11.2 Å². The number of furan rings is 1. The molecule has 0 aliphatic carbocycles. The third-order valence-corrected chi connectivity index (χ3v) is 5.52. The Hall–Kier alpha value is -2.86. The van der Waals surface area contributed by atoms with Gasteiger partial charge in [-0.15, -0.1) is 0 Å². The number of para-hydroxylation sites is 1. The Bertz CT molecular complexity index is 1150. The molecule has 0 aliphatic rings. The molecule has 0 aliphatic heterocycles. The molecule has 0 saturated heterocycles. The zero-order chi connectivity index (χ0) is 19.0. The van der Waals surface area contributed by atoms with Crippen molar-refractivity contribution in [2.24, 2.45) is 0 Å². The number of nitrogens with one attached hydrogen (secondary N) is 1. The summed E-state index contributed by atoms with van der Waals surface area (Å²) in [5.41, 5.74) is 5.13. The molecular formula is C21H19N3O2S. The molecule has 27 heavy (non-hydrogen) atoms. The fraction of sp³-hybridized carbons (Fsp3) is 0.190. The summed E-state index contributed by atoms with van der Waals surface area (Å²) in [6.45, 7) is 5.85. The molecule has 0 radical (unpaired) electrons. The molecule has 5 nitrogen and oxygen atoms in total. The van der Waals surface area contributed by atoms with Gasteiger partial charge in [0.15, 0.2) is 5.58 Å². The van der Waals surface area contributed by atoms with Gasteiger partial charge in [0, 0.05) is 11.1 Å². The minimum atomic E-state index is -0.337. The average Bonchev–Trinajstić information content (AvgIpc) is 3.04. The van der Waals surface area contributed by atoms with Crippen molar-refractivity contribution in [3.05, 3.63) is 59.9 Å². The van der Waals surface area contributed by atoms with Crippen LogP contribution < -0.4 is 5.32 Å². The van der Waals surface area contributed by atoms with Crippen LogP contribution in [0.1, 0.15) is 18.1 Å². The molecule has 0 bridgehead atoms. The molecule has 1 N–H and O–H groups in total. The number of benzene rings is 2. The predicted molar refractivity (Wildman–Crippen MR) is 109 cm³/mol. The van der Waals surface area contributed by atoms with E-state index in [4.69, 9.17) is 4.42 Å². The smallest absolute Gasteiger partial charge is 0.237 e. The highest BCUT2D eigenvalue weighted by Crippen LogP contribution is 2.34. The maximum atomic E-state index is 12.7. The maximum Gasteiger partial charge on any atom is 0.237 e. The van der Waals surface area contributed by atoms with Gasteiger partial charge in [0.05, 0.1) is 5.25 Å². The fourth-order valence-electron chi connectivity index (χ4n) is 2.91. The average molecular weight is 377 g/mol. The molecule has 2 aromatic heterocycles. The van der Waals surface area contributed by atoms with Crippen LogP contribution in [-0.4, -0.2) is 21.1 Å². The first-order valence-corrected chi connectivity index (χ1v) is 9.58. The number of fused-ring (bicyclic) bond motifs is 3. The van der Waals surface area contributed by atoms with Crippen molar-refractivity contribution in [1.29, 1.82) is 0 Å². The molecule has 2 heterocycles. The second-order valence-corrected chi connectivity index (χ2v) is 7.85. The maximum absolute atomic E-state index is 12.7. The first-order chi connectivity index (χ1) is 13.0. The van der Waals surface area contributed by atoms with Crippen LogP contribution in [0.3, 0.4) is 0 Å². The van der Waals surface area contributed by atoms with Gasteiger partial charge < -0.3 is 9.73 Å². The van der Waals surface area contributed by atoms with Crippen LogP contribution in [0.4, 0.5) is 5.69 Å². The standard InChI is InChI=1S/C21H19N3O2S/c1-12-8-9-13(2)16(10-12)24-20(25)14(3)27-21-19-18(22-11-23-21)15-6-4-5-7-17(15)26-19/h4-11,14H,1-3H3,(H,24,25)/t14-/m0/s1. The second kappa shape index (κ2) is 7.04. The van der Waals surface area contributed by atoms with E-state index in [1.54, 1.807) is 0 Å². The lowest BCUT2D eigenvalue weighted by molar-refractivity contribution is -0.115. The highest BCUT2D eigenvalue weighted by Gasteiger charge is 2.20. The molecule has 0 saturated carbocycles. The summed E-state index contributed by atoms with van der Waals surface area (Å²) in [4.78, 5) is 21.4. The van der Waals surface area contributed by atoms with E-state index < -0.39 is 0 Å². The quantitative estimate of drug-likeness (QED) is 0.395. The second-order valence-electron chi connectivity index (χ2n) is 6.52. The number of nitrogens with zero attached hydrogens (tertiary/aromatic N) is 2. The molecular weight excluding hydrogens is 358 g/mol. The van der Waals surface area contributed by atoms with E-state index in [0.29, 0.717) is 10.6 Å². The highest BCUT2D eigenvalue weighted by atomic mass is 32.2. The topological polar surface area (TPSA) is 68.0 Å².